The summed E-state index contributed by atoms with van der Waals surface area (Å²) in [4.78, 5) is 11.3. The first-order chi connectivity index (χ1) is 8.92. The number of rotatable bonds is 6. The number of hydrogen-bond acceptors (Lipinski definition) is 3. The second-order valence-electron chi connectivity index (χ2n) is 5.23. The van der Waals surface area contributed by atoms with Gasteiger partial charge in [0.2, 0.25) is 0 Å². The predicted octanol–water partition coefficient (Wildman–Crippen LogP) is 2.11. The van der Waals surface area contributed by atoms with E-state index < -0.39 is 17.3 Å². The second-order valence-corrected chi connectivity index (χ2v) is 5.23. The van der Waals surface area contributed by atoms with E-state index in [2.05, 4.69) is 5.32 Å². The highest BCUT2D eigenvalue weighted by Crippen LogP contribution is 2.25. The smallest absolute Gasteiger partial charge is 0.327 e. The molecule has 4 nitrogen and oxygen atoms in total. The third-order valence-electron chi connectivity index (χ3n) is 3.24. The van der Waals surface area contributed by atoms with Crippen LogP contribution in [0.3, 0.4) is 0 Å². The Kier molecular flexibility index (Phi) is 3.75. The van der Waals surface area contributed by atoms with E-state index in [1.165, 1.54) is 6.07 Å². The summed E-state index contributed by atoms with van der Waals surface area (Å²) in [6.07, 6.45) is 1.95. The van der Waals surface area contributed by atoms with Crippen molar-refractivity contribution in [1.82, 2.24) is 5.32 Å². The minimum atomic E-state index is -1.20. The van der Waals surface area contributed by atoms with Crippen LogP contribution in [0.15, 0.2) is 18.2 Å². The number of hydrogen-bond donors (Lipinski definition) is 2. The lowest BCUT2D eigenvalue weighted by atomic mass is 10.0. The minimum Gasteiger partial charge on any atom is -0.488 e. The first-order valence-electron chi connectivity index (χ1n) is 6.31. The molecule has 0 radical (unpaired) electrons. The summed E-state index contributed by atoms with van der Waals surface area (Å²) >= 11 is 0. The largest absolute Gasteiger partial charge is 0.488 e. The summed E-state index contributed by atoms with van der Waals surface area (Å²) < 4.78 is 19.1. The zero-order chi connectivity index (χ0) is 14.0. The Morgan fingerprint density at radius 1 is 1.58 bits per heavy atom. The molecule has 0 heterocycles. The van der Waals surface area contributed by atoms with Crippen molar-refractivity contribution in [2.75, 3.05) is 6.61 Å². The Morgan fingerprint density at radius 3 is 2.84 bits per heavy atom. The Morgan fingerprint density at radius 2 is 2.26 bits per heavy atom. The third kappa shape index (κ3) is 3.23. The molecule has 1 unspecified atom stereocenters. The van der Waals surface area contributed by atoms with E-state index in [0.29, 0.717) is 5.56 Å². The molecule has 104 valence electrons. The molecule has 19 heavy (non-hydrogen) atoms. The van der Waals surface area contributed by atoms with Crippen molar-refractivity contribution in [2.45, 2.75) is 38.3 Å². The lowest BCUT2D eigenvalue weighted by Gasteiger charge is -2.26. The van der Waals surface area contributed by atoms with E-state index in [4.69, 9.17) is 4.74 Å². The van der Waals surface area contributed by atoms with E-state index in [1.54, 1.807) is 26.0 Å². The molecule has 1 aliphatic carbocycles. The quantitative estimate of drug-likeness (QED) is 0.828. The van der Waals surface area contributed by atoms with Crippen LogP contribution in [0.5, 0.6) is 5.75 Å². The van der Waals surface area contributed by atoms with E-state index in [9.17, 15) is 14.3 Å². The number of aliphatic carboxylic acids is 1. The second kappa shape index (κ2) is 5.17. The van der Waals surface area contributed by atoms with E-state index in [-0.39, 0.29) is 18.4 Å². The number of halogens is 1. The van der Waals surface area contributed by atoms with Gasteiger partial charge in [0, 0.05) is 6.04 Å². The molecule has 2 rings (SSSR count). The SMILES string of the molecule is Cc1cccc(OCC(C)(NC2CC2)C(=O)O)c1F. The molecule has 1 aromatic carbocycles. The van der Waals surface area contributed by atoms with Crippen LogP contribution in [0.4, 0.5) is 4.39 Å². The molecule has 0 aliphatic heterocycles. The molecule has 0 bridgehead atoms. The summed E-state index contributed by atoms with van der Waals surface area (Å²) in [6, 6.07) is 5.05. The van der Waals surface area contributed by atoms with Crippen molar-refractivity contribution in [2.24, 2.45) is 0 Å². The number of aryl methyl sites for hydroxylation is 1. The fourth-order valence-electron chi connectivity index (χ4n) is 1.80. The van der Waals surface area contributed by atoms with E-state index in [0.717, 1.165) is 12.8 Å². The Hall–Kier alpha value is -1.62. The van der Waals surface area contributed by atoms with Gasteiger partial charge in [0.25, 0.3) is 0 Å². The van der Waals surface area contributed by atoms with Crippen molar-refractivity contribution in [3.05, 3.63) is 29.6 Å². The Bertz CT molecular complexity index is 488. The summed E-state index contributed by atoms with van der Waals surface area (Å²) in [5.74, 6) is -1.35. The highest BCUT2D eigenvalue weighted by Gasteiger charge is 2.39. The third-order valence-corrected chi connectivity index (χ3v) is 3.24. The fraction of sp³-hybridized carbons (Fsp3) is 0.500. The molecule has 1 saturated carbocycles. The number of carboxylic acid groups (broad SMARTS) is 1. The van der Waals surface area contributed by atoms with Gasteiger partial charge >= 0.3 is 5.97 Å². The molecule has 1 atom stereocenters. The van der Waals surface area contributed by atoms with Gasteiger partial charge < -0.3 is 9.84 Å². The molecule has 1 aromatic rings. The molecule has 1 aliphatic rings. The van der Waals surface area contributed by atoms with Crippen LogP contribution in [-0.4, -0.2) is 29.3 Å². The summed E-state index contributed by atoms with van der Waals surface area (Å²) in [5.41, 5.74) is -0.721. The van der Waals surface area contributed by atoms with Crippen LogP contribution in [0, 0.1) is 12.7 Å². The summed E-state index contributed by atoms with van der Waals surface area (Å²) in [7, 11) is 0. The van der Waals surface area contributed by atoms with Crippen LogP contribution in [0.2, 0.25) is 0 Å². The zero-order valence-corrected chi connectivity index (χ0v) is 11.1. The van der Waals surface area contributed by atoms with Gasteiger partial charge in [0.1, 0.15) is 12.1 Å². The topological polar surface area (TPSA) is 58.6 Å². The maximum Gasteiger partial charge on any atom is 0.327 e. The predicted molar refractivity (Wildman–Crippen MR) is 68.8 cm³/mol. The average Bonchev–Trinajstić information content (AvgIpc) is 3.15. The van der Waals surface area contributed by atoms with Crippen molar-refractivity contribution in [3.63, 3.8) is 0 Å². The van der Waals surface area contributed by atoms with Crippen LogP contribution < -0.4 is 10.1 Å². The van der Waals surface area contributed by atoms with Gasteiger partial charge in [-0.1, -0.05) is 12.1 Å². The number of carboxylic acids is 1. The van der Waals surface area contributed by atoms with Gasteiger partial charge in [0.15, 0.2) is 11.6 Å². The Balaban J connectivity index is 2.05. The molecule has 1 fully saturated rings. The van der Waals surface area contributed by atoms with Gasteiger partial charge in [0.05, 0.1) is 0 Å². The van der Waals surface area contributed by atoms with Gasteiger partial charge in [-0.15, -0.1) is 0 Å². The Labute approximate surface area is 111 Å². The molecule has 0 amide bonds. The zero-order valence-electron chi connectivity index (χ0n) is 11.1. The number of ether oxygens (including phenoxy) is 1. The first kappa shape index (κ1) is 13.8. The van der Waals surface area contributed by atoms with Gasteiger partial charge in [-0.25, -0.2) is 4.39 Å². The van der Waals surface area contributed by atoms with Crippen molar-refractivity contribution in [1.29, 1.82) is 0 Å². The monoisotopic (exact) mass is 267 g/mol. The van der Waals surface area contributed by atoms with E-state index >= 15 is 0 Å². The lowest BCUT2D eigenvalue weighted by Crippen LogP contribution is -2.54. The molecular weight excluding hydrogens is 249 g/mol. The minimum absolute atomic E-state index is 0.0880. The van der Waals surface area contributed by atoms with Crippen LogP contribution in [-0.2, 0) is 4.79 Å². The van der Waals surface area contributed by atoms with Crippen molar-refractivity contribution < 1.29 is 19.0 Å². The number of benzene rings is 1. The highest BCUT2D eigenvalue weighted by molar-refractivity contribution is 5.78. The first-order valence-corrected chi connectivity index (χ1v) is 6.31. The van der Waals surface area contributed by atoms with Gasteiger partial charge in [-0.05, 0) is 38.3 Å². The maximum absolute atomic E-state index is 13.8. The number of nitrogens with one attached hydrogen (secondary N) is 1. The van der Waals surface area contributed by atoms with Crippen LogP contribution in [0.25, 0.3) is 0 Å². The van der Waals surface area contributed by atoms with Crippen LogP contribution in [0.1, 0.15) is 25.3 Å². The fourth-order valence-corrected chi connectivity index (χ4v) is 1.80. The number of carbonyl (C=O) groups is 1. The molecule has 0 spiro atoms. The van der Waals surface area contributed by atoms with E-state index in [1.807, 2.05) is 0 Å². The molecule has 0 aromatic heterocycles. The molecule has 5 heteroatoms. The standard InChI is InChI=1S/C14H18FNO3/c1-9-4-3-5-11(12(9)15)19-8-14(2,13(17)18)16-10-6-7-10/h3-5,10,16H,6-8H2,1-2H3,(H,17,18). The summed E-state index contributed by atoms with van der Waals surface area (Å²) in [6.45, 7) is 3.08. The maximum atomic E-state index is 13.8. The molecule has 0 saturated heterocycles. The molecule has 2 N–H and O–H groups in total. The van der Waals surface area contributed by atoms with Crippen molar-refractivity contribution >= 4 is 5.97 Å². The van der Waals surface area contributed by atoms with Gasteiger partial charge in [-0.3, -0.25) is 10.1 Å². The van der Waals surface area contributed by atoms with Crippen LogP contribution >= 0.6 is 0 Å². The average molecular weight is 267 g/mol. The normalized spacial score (nSPS) is 17.8. The molecular formula is C14H18FNO3. The lowest BCUT2D eigenvalue weighted by molar-refractivity contribution is -0.145. The highest BCUT2D eigenvalue weighted by atomic mass is 19.1. The van der Waals surface area contributed by atoms with Crippen molar-refractivity contribution in [3.8, 4) is 5.75 Å². The summed E-state index contributed by atoms with van der Waals surface area (Å²) in [5, 5.41) is 12.3. The van der Waals surface area contributed by atoms with Gasteiger partial charge in [-0.2, -0.15) is 0 Å².